The summed E-state index contributed by atoms with van der Waals surface area (Å²) in [6.07, 6.45) is 5.00. The molecule has 0 atom stereocenters. The predicted octanol–water partition coefficient (Wildman–Crippen LogP) is 3.46. The van der Waals surface area contributed by atoms with E-state index in [1.54, 1.807) is 6.08 Å². The van der Waals surface area contributed by atoms with Crippen LogP contribution < -0.4 is 5.73 Å². The number of aryl methyl sites for hydroxylation is 1. The predicted molar refractivity (Wildman–Crippen MR) is 88.6 cm³/mol. The van der Waals surface area contributed by atoms with Crippen molar-refractivity contribution in [2.45, 2.75) is 6.92 Å². The Labute approximate surface area is 132 Å². The van der Waals surface area contributed by atoms with Crippen LogP contribution >= 0.6 is 11.6 Å². The molecule has 0 radical (unpaired) electrons. The number of benzene rings is 1. The SMILES string of the molecule is Cc1ccc2nc(-c3ccc(Cl)cc3)c(/C=C\C(N)=O)n2c1. The summed E-state index contributed by atoms with van der Waals surface area (Å²) in [7, 11) is 0. The van der Waals surface area contributed by atoms with Gasteiger partial charge in [0.15, 0.2) is 0 Å². The summed E-state index contributed by atoms with van der Waals surface area (Å²) in [6, 6.07) is 11.4. The van der Waals surface area contributed by atoms with Crippen molar-refractivity contribution in [3.05, 3.63) is 65.0 Å². The number of halogens is 1. The van der Waals surface area contributed by atoms with Crippen LogP contribution in [0.25, 0.3) is 23.0 Å². The molecule has 3 rings (SSSR count). The molecule has 0 saturated carbocycles. The highest BCUT2D eigenvalue weighted by Crippen LogP contribution is 2.27. The number of hydrogen-bond donors (Lipinski definition) is 1. The standard InChI is InChI=1S/C17H14ClN3O/c1-11-2-9-16-20-17(12-3-5-13(18)6-4-12)14(21(16)10-11)7-8-15(19)22/h2-10H,1H3,(H2,19,22)/b8-7-. The summed E-state index contributed by atoms with van der Waals surface area (Å²) in [5.74, 6) is -0.496. The molecular formula is C17H14ClN3O. The molecule has 0 aliphatic carbocycles. The van der Waals surface area contributed by atoms with Crippen LogP contribution in [0.1, 0.15) is 11.3 Å². The second kappa shape index (κ2) is 5.66. The first kappa shape index (κ1) is 14.4. The Bertz CT molecular complexity index is 879. The van der Waals surface area contributed by atoms with Gasteiger partial charge in [-0.05, 0) is 36.8 Å². The lowest BCUT2D eigenvalue weighted by molar-refractivity contribution is -0.113. The van der Waals surface area contributed by atoms with Gasteiger partial charge in [0.1, 0.15) is 5.65 Å². The molecule has 0 bridgehead atoms. The van der Waals surface area contributed by atoms with Crippen molar-refractivity contribution in [2.24, 2.45) is 5.73 Å². The number of amides is 1. The molecule has 0 fully saturated rings. The van der Waals surface area contributed by atoms with E-state index < -0.39 is 5.91 Å². The highest BCUT2D eigenvalue weighted by Gasteiger charge is 2.12. The molecule has 2 N–H and O–H groups in total. The lowest BCUT2D eigenvalue weighted by Gasteiger charge is -2.02. The number of nitrogens with two attached hydrogens (primary N) is 1. The minimum absolute atomic E-state index is 0.496. The van der Waals surface area contributed by atoms with E-state index in [0.29, 0.717) is 5.02 Å². The van der Waals surface area contributed by atoms with Gasteiger partial charge in [0.05, 0.1) is 11.4 Å². The van der Waals surface area contributed by atoms with Crippen molar-refractivity contribution < 1.29 is 4.79 Å². The van der Waals surface area contributed by atoms with Gasteiger partial charge in [-0.1, -0.05) is 29.8 Å². The number of carbonyl (C=O) groups is 1. The van der Waals surface area contributed by atoms with Gasteiger partial charge in [-0.2, -0.15) is 0 Å². The smallest absolute Gasteiger partial charge is 0.241 e. The Balaban J connectivity index is 2.26. The van der Waals surface area contributed by atoms with Gasteiger partial charge >= 0.3 is 0 Å². The number of pyridine rings is 1. The molecule has 110 valence electrons. The van der Waals surface area contributed by atoms with E-state index in [4.69, 9.17) is 17.3 Å². The van der Waals surface area contributed by atoms with Crippen LogP contribution in [-0.4, -0.2) is 15.3 Å². The maximum atomic E-state index is 11.1. The monoisotopic (exact) mass is 311 g/mol. The van der Waals surface area contributed by atoms with Crippen molar-refractivity contribution in [3.63, 3.8) is 0 Å². The molecule has 2 aromatic heterocycles. The Kier molecular flexibility index (Phi) is 3.69. The van der Waals surface area contributed by atoms with E-state index in [0.717, 1.165) is 28.2 Å². The summed E-state index contributed by atoms with van der Waals surface area (Å²) in [6.45, 7) is 2.00. The van der Waals surface area contributed by atoms with Gasteiger partial charge in [-0.15, -0.1) is 0 Å². The lowest BCUT2D eigenvalue weighted by atomic mass is 10.1. The average Bonchev–Trinajstić information content (AvgIpc) is 2.83. The summed E-state index contributed by atoms with van der Waals surface area (Å²) in [5.41, 5.74) is 9.63. The van der Waals surface area contributed by atoms with Crippen molar-refractivity contribution in [1.29, 1.82) is 0 Å². The van der Waals surface area contributed by atoms with Gasteiger partial charge < -0.3 is 5.73 Å². The van der Waals surface area contributed by atoms with Crippen LogP contribution in [0.2, 0.25) is 5.02 Å². The zero-order valence-electron chi connectivity index (χ0n) is 12.0. The normalized spacial score (nSPS) is 11.4. The maximum absolute atomic E-state index is 11.1. The van der Waals surface area contributed by atoms with E-state index in [1.165, 1.54) is 6.08 Å². The number of fused-ring (bicyclic) bond motifs is 1. The number of rotatable bonds is 3. The number of hydrogen-bond acceptors (Lipinski definition) is 2. The van der Waals surface area contributed by atoms with E-state index in [1.807, 2.05) is 53.9 Å². The molecule has 5 heteroatoms. The van der Waals surface area contributed by atoms with Crippen LogP contribution in [0.3, 0.4) is 0 Å². The second-order valence-corrected chi connectivity index (χ2v) is 5.46. The zero-order chi connectivity index (χ0) is 15.7. The van der Waals surface area contributed by atoms with E-state index in [2.05, 4.69) is 4.98 Å². The average molecular weight is 312 g/mol. The van der Waals surface area contributed by atoms with Crippen LogP contribution in [0.5, 0.6) is 0 Å². The Morgan fingerprint density at radius 1 is 1.23 bits per heavy atom. The third-order valence-electron chi connectivity index (χ3n) is 3.33. The molecular weight excluding hydrogens is 298 g/mol. The molecule has 2 heterocycles. The third kappa shape index (κ3) is 2.73. The van der Waals surface area contributed by atoms with E-state index >= 15 is 0 Å². The molecule has 4 nitrogen and oxygen atoms in total. The van der Waals surface area contributed by atoms with Crippen LogP contribution in [0, 0.1) is 6.92 Å². The number of primary amides is 1. The van der Waals surface area contributed by atoms with Crippen LogP contribution in [0.4, 0.5) is 0 Å². The first-order valence-electron chi connectivity index (χ1n) is 6.77. The van der Waals surface area contributed by atoms with E-state index in [-0.39, 0.29) is 0 Å². The first-order chi connectivity index (χ1) is 10.5. The molecule has 0 saturated heterocycles. The largest absolute Gasteiger partial charge is 0.366 e. The van der Waals surface area contributed by atoms with Crippen molar-refractivity contribution in [1.82, 2.24) is 9.38 Å². The fourth-order valence-electron chi connectivity index (χ4n) is 2.31. The van der Waals surface area contributed by atoms with E-state index in [9.17, 15) is 4.79 Å². The highest BCUT2D eigenvalue weighted by molar-refractivity contribution is 6.30. The molecule has 0 aliphatic heterocycles. The number of aromatic nitrogens is 2. The summed E-state index contributed by atoms with van der Waals surface area (Å²) in [5, 5.41) is 0.664. The fraction of sp³-hybridized carbons (Fsp3) is 0.0588. The Morgan fingerprint density at radius 3 is 2.64 bits per heavy atom. The molecule has 3 aromatic rings. The maximum Gasteiger partial charge on any atom is 0.241 e. The minimum Gasteiger partial charge on any atom is -0.366 e. The van der Waals surface area contributed by atoms with Gasteiger partial charge in [0, 0.05) is 22.9 Å². The fourth-order valence-corrected chi connectivity index (χ4v) is 2.44. The molecule has 0 unspecified atom stereocenters. The number of imidazole rings is 1. The van der Waals surface area contributed by atoms with Crippen LogP contribution in [0.15, 0.2) is 48.7 Å². The quantitative estimate of drug-likeness (QED) is 0.753. The Hall–Kier alpha value is -2.59. The van der Waals surface area contributed by atoms with Gasteiger partial charge in [0.2, 0.25) is 5.91 Å². The zero-order valence-corrected chi connectivity index (χ0v) is 12.7. The van der Waals surface area contributed by atoms with Gasteiger partial charge in [-0.3, -0.25) is 9.20 Å². The molecule has 0 spiro atoms. The highest BCUT2D eigenvalue weighted by atomic mass is 35.5. The first-order valence-corrected chi connectivity index (χ1v) is 7.14. The Morgan fingerprint density at radius 2 is 1.95 bits per heavy atom. The second-order valence-electron chi connectivity index (χ2n) is 5.02. The molecule has 1 amide bonds. The number of nitrogens with zero attached hydrogens (tertiary/aromatic N) is 2. The third-order valence-corrected chi connectivity index (χ3v) is 3.58. The molecule has 0 aliphatic rings. The van der Waals surface area contributed by atoms with Gasteiger partial charge in [-0.25, -0.2) is 4.98 Å². The summed E-state index contributed by atoms with van der Waals surface area (Å²) < 4.78 is 1.94. The molecule has 1 aromatic carbocycles. The minimum atomic E-state index is -0.496. The summed E-state index contributed by atoms with van der Waals surface area (Å²) >= 11 is 5.94. The topological polar surface area (TPSA) is 60.4 Å². The van der Waals surface area contributed by atoms with Crippen molar-refractivity contribution in [2.75, 3.05) is 0 Å². The lowest BCUT2D eigenvalue weighted by Crippen LogP contribution is -2.05. The summed E-state index contributed by atoms with van der Waals surface area (Å²) in [4.78, 5) is 15.7. The van der Waals surface area contributed by atoms with Crippen LogP contribution in [-0.2, 0) is 4.79 Å². The molecule has 22 heavy (non-hydrogen) atoms. The van der Waals surface area contributed by atoms with Crippen molar-refractivity contribution in [3.8, 4) is 11.3 Å². The number of carbonyl (C=O) groups excluding carboxylic acids is 1. The van der Waals surface area contributed by atoms with Crippen molar-refractivity contribution >= 4 is 29.2 Å². The van der Waals surface area contributed by atoms with Gasteiger partial charge in [0.25, 0.3) is 0 Å².